The highest BCUT2D eigenvalue weighted by atomic mass is 32.2. The Hall–Kier alpha value is -2.98. The van der Waals surface area contributed by atoms with Crippen LogP contribution < -0.4 is 4.72 Å². The summed E-state index contributed by atoms with van der Waals surface area (Å²) in [6, 6.07) is 8.49. The third kappa shape index (κ3) is 4.84. The summed E-state index contributed by atoms with van der Waals surface area (Å²) in [7, 11) is -3.71. The molecule has 9 nitrogen and oxygen atoms in total. The number of carbonyl (C=O) groups excluding carboxylic acids is 1. The first kappa shape index (κ1) is 19.8. The van der Waals surface area contributed by atoms with Crippen LogP contribution in [0.4, 0.5) is 0 Å². The van der Waals surface area contributed by atoms with Gasteiger partial charge in [0.2, 0.25) is 10.0 Å². The highest BCUT2D eigenvalue weighted by Gasteiger charge is 2.18. The maximum absolute atomic E-state index is 12.4. The van der Waals surface area contributed by atoms with Crippen LogP contribution in [0, 0.1) is 13.8 Å². The van der Waals surface area contributed by atoms with Crippen molar-refractivity contribution in [2.24, 2.45) is 0 Å². The highest BCUT2D eigenvalue weighted by molar-refractivity contribution is 7.89. The quantitative estimate of drug-likeness (QED) is 0.566. The van der Waals surface area contributed by atoms with E-state index in [0.29, 0.717) is 11.3 Å². The minimum absolute atomic E-state index is 0.0873. The Morgan fingerprint density at radius 2 is 2.04 bits per heavy atom. The number of hydrogen-bond acceptors (Lipinski definition) is 8. The van der Waals surface area contributed by atoms with Gasteiger partial charge < -0.3 is 13.6 Å². The molecule has 1 N–H and O–H groups in total. The first-order valence-electron chi connectivity index (χ1n) is 8.44. The Morgan fingerprint density at radius 1 is 1.21 bits per heavy atom. The van der Waals surface area contributed by atoms with Crippen molar-refractivity contribution in [1.29, 1.82) is 0 Å². The molecule has 148 valence electrons. The molecule has 0 aliphatic carbocycles. The van der Waals surface area contributed by atoms with Gasteiger partial charge >= 0.3 is 5.97 Å². The third-order valence-electron chi connectivity index (χ3n) is 3.81. The lowest BCUT2D eigenvalue weighted by Gasteiger charge is -2.10. The number of nitrogens with one attached hydrogen (secondary N) is 1. The van der Waals surface area contributed by atoms with E-state index in [2.05, 4.69) is 14.9 Å². The number of benzene rings is 1. The maximum atomic E-state index is 12.4. The zero-order chi connectivity index (χ0) is 20.1. The summed E-state index contributed by atoms with van der Waals surface area (Å²) in [6.07, 6.45) is 1.34. The second-order valence-corrected chi connectivity index (χ2v) is 7.79. The first-order valence-corrected chi connectivity index (χ1v) is 9.92. The number of esters is 1. The Bertz CT molecular complexity index is 1060. The summed E-state index contributed by atoms with van der Waals surface area (Å²) in [4.78, 5) is 12.0. The van der Waals surface area contributed by atoms with E-state index in [1.807, 2.05) is 13.0 Å². The lowest BCUT2D eigenvalue weighted by molar-refractivity contribution is -0.145. The predicted octanol–water partition coefficient (Wildman–Crippen LogP) is 2.36. The molecule has 0 aliphatic rings. The van der Waals surface area contributed by atoms with Gasteiger partial charge in [-0.3, -0.25) is 4.79 Å². The number of carbonyl (C=O) groups is 1. The fourth-order valence-electron chi connectivity index (χ4n) is 2.39. The average molecular weight is 405 g/mol. The fourth-order valence-corrected chi connectivity index (χ4v) is 3.75. The topological polar surface area (TPSA) is 125 Å². The molecule has 10 heteroatoms. The van der Waals surface area contributed by atoms with E-state index in [-0.39, 0.29) is 36.2 Å². The van der Waals surface area contributed by atoms with Gasteiger partial charge in [0.15, 0.2) is 12.4 Å². The summed E-state index contributed by atoms with van der Waals surface area (Å²) in [6.45, 7) is 3.22. The molecule has 28 heavy (non-hydrogen) atoms. The van der Waals surface area contributed by atoms with Crippen LogP contribution in [0.2, 0.25) is 0 Å². The maximum Gasteiger partial charge on any atom is 0.307 e. The standard InChI is InChI=1S/C18H19N3O6S/c1-12-5-6-13(2)15(10-12)28(23,24)19-8-7-17(22)26-11-16-20-21-18(27-16)14-4-3-9-25-14/h3-6,9-10,19H,7-8,11H2,1-2H3. The molecule has 0 fully saturated rings. The smallest absolute Gasteiger partial charge is 0.307 e. The van der Waals surface area contributed by atoms with Gasteiger partial charge in [-0.25, -0.2) is 13.1 Å². The number of furan rings is 1. The van der Waals surface area contributed by atoms with Crippen LogP contribution >= 0.6 is 0 Å². The number of aromatic nitrogens is 2. The van der Waals surface area contributed by atoms with E-state index in [1.54, 1.807) is 31.2 Å². The van der Waals surface area contributed by atoms with Crippen LogP contribution in [0.3, 0.4) is 0 Å². The molecule has 2 heterocycles. The van der Waals surface area contributed by atoms with Gasteiger partial charge in [-0.15, -0.1) is 10.2 Å². The van der Waals surface area contributed by atoms with Crippen molar-refractivity contribution < 1.29 is 26.8 Å². The molecule has 0 amide bonds. The van der Waals surface area contributed by atoms with Crippen LogP contribution in [-0.4, -0.2) is 31.1 Å². The van der Waals surface area contributed by atoms with E-state index in [0.717, 1.165) is 5.56 Å². The van der Waals surface area contributed by atoms with Gasteiger partial charge in [-0.2, -0.15) is 0 Å². The van der Waals surface area contributed by atoms with Gasteiger partial charge in [0.05, 0.1) is 17.6 Å². The minimum Gasteiger partial charge on any atom is -0.459 e. The molecule has 0 saturated carbocycles. The number of rotatable bonds is 8. The molecule has 3 aromatic rings. The van der Waals surface area contributed by atoms with Gasteiger partial charge in [0.25, 0.3) is 11.8 Å². The van der Waals surface area contributed by atoms with Gasteiger partial charge in [-0.1, -0.05) is 12.1 Å². The summed E-state index contributed by atoms with van der Waals surface area (Å²) in [5, 5.41) is 7.54. The van der Waals surface area contributed by atoms with Crippen LogP contribution in [0.25, 0.3) is 11.7 Å². The van der Waals surface area contributed by atoms with E-state index >= 15 is 0 Å². The summed E-state index contributed by atoms with van der Waals surface area (Å²) in [5.41, 5.74) is 1.46. The largest absolute Gasteiger partial charge is 0.459 e. The van der Waals surface area contributed by atoms with Crippen molar-refractivity contribution in [1.82, 2.24) is 14.9 Å². The Balaban J connectivity index is 1.47. The average Bonchev–Trinajstić information content (AvgIpc) is 3.33. The second kappa shape index (κ2) is 8.36. The zero-order valence-corrected chi connectivity index (χ0v) is 16.2. The number of sulfonamides is 1. The van der Waals surface area contributed by atoms with E-state index < -0.39 is 16.0 Å². The lowest BCUT2D eigenvalue weighted by Crippen LogP contribution is -2.27. The third-order valence-corrected chi connectivity index (χ3v) is 5.41. The SMILES string of the molecule is Cc1ccc(C)c(S(=O)(=O)NCCC(=O)OCc2nnc(-c3ccco3)o2)c1. The molecule has 2 aromatic heterocycles. The molecule has 3 rings (SSSR count). The minimum atomic E-state index is -3.71. The zero-order valence-electron chi connectivity index (χ0n) is 15.3. The monoisotopic (exact) mass is 405 g/mol. The number of hydrogen-bond donors (Lipinski definition) is 1. The number of aryl methyl sites for hydroxylation is 2. The van der Waals surface area contributed by atoms with Crippen molar-refractivity contribution in [3.8, 4) is 11.7 Å². The first-order chi connectivity index (χ1) is 13.3. The van der Waals surface area contributed by atoms with Crippen molar-refractivity contribution in [2.45, 2.75) is 31.8 Å². The molecule has 0 aliphatic heterocycles. The lowest BCUT2D eigenvalue weighted by atomic mass is 10.2. The molecule has 1 aromatic carbocycles. The highest BCUT2D eigenvalue weighted by Crippen LogP contribution is 2.18. The van der Waals surface area contributed by atoms with Crippen molar-refractivity contribution in [2.75, 3.05) is 6.54 Å². The van der Waals surface area contributed by atoms with Crippen molar-refractivity contribution >= 4 is 16.0 Å². The Labute approximate surface area is 161 Å². The van der Waals surface area contributed by atoms with Crippen molar-refractivity contribution in [3.63, 3.8) is 0 Å². The molecule has 0 unspecified atom stereocenters. The van der Waals surface area contributed by atoms with Gasteiger partial charge in [0, 0.05) is 6.54 Å². The second-order valence-electron chi connectivity index (χ2n) is 6.06. The molecule has 0 spiro atoms. The normalized spacial score (nSPS) is 11.5. The Morgan fingerprint density at radius 3 is 2.79 bits per heavy atom. The van der Waals surface area contributed by atoms with Crippen LogP contribution in [0.15, 0.2) is 50.3 Å². The van der Waals surface area contributed by atoms with E-state index in [4.69, 9.17) is 13.6 Å². The summed E-state index contributed by atoms with van der Waals surface area (Å²) in [5.74, 6) is 0.0976. The molecular weight excluding hydrogens is 386 g/mol. The molecule has 0 atom stereocenters. The van der Waals surface area contributed by atoms with E-state index in [1.165, 1.54) is 6.26 Å². The predicted molar refractivity (Wildman–Crippen MR) is 97.5 cm³/mol. The van der Waals surface area contributed by atoms with Crippen molar-refractivity contribution in [3.05, 3.63) is 53.6 Å². The van der Waals surface area contributed by atoms with Crippen LogP contribution in [0.5, 0.6) is 0 Å². The molecule has 0 saturated heterocycles. The molecule has 0 radical (unpaired) electrons. The van der Waals surface area contributed by atoms with Crippen LogP contribution in [0.1, 0.15) is 23.4 Å². The fraction of sp³-hybridized carbons (Fsp3) is 0.278. The molecule has 0 bridgehead atoms. The number of nitrogens with zero attached hydrogens (tertiary/aromatic N) is 2. The van der Waals surface area contributed by atoms with E-state index in [9.17, 15) is 13.2 Å². The van der Waals surface area contributed by atoms with Gasteiger partial charge in [-0.05, 0) is 43.2 Å². The summed E-state index contributed by atoms with van der Waals surface area (Å²) < 4.78 is 42.6. The number of ether oxygens (including phenoxy) is 1. The Kier molecular flexibility index (Phi) is 5.90. The van der Waals surface area contributed by atoms with Crippen LogP contribution in [-0.2, 0) is 26.2 Å². The molecular formula is C18H19N3O6S. The summed E-state index contributed by atoms with van der Waals surface area (Å²) >= 11 is 0. The van der Waals surface area contributed by atoms with Gasteiger partial charge in [0.1, 0.15) is 0 Å².